The molecular formula is C16H24ClN3O3. The summed E-state index contributed by atoms with van der Waals surface area (Å²) in [7, 11) is 0. The highest BCUT2D eigenvalue weighted by Crippen LogP contribution is 2.21. The highest BCUT2D eigenvalue weighted by Gasteiger charge is 2.25. The van der Waals surface area contributed by atoms with Crippen molar-refractivity contribution in [3.63, 3.8) is 0 Å². The van der Waals surface area contributed by atoms with Gasteiger partial charge < -0.3 is 10.6 Å². The van der Waals surface area contributed by atoms with Gasteiger partial charge in [-0.1, -0.05) is 25.5 Å². The molecule has 0 spiro atoms. The monoisotopic (exact) mass is 341 g/mol. The minimum absolute atomic E-state index is 0. The maximum absolute atomic E-state index is 12.4. The van der Waals surface area contributed by atoms with Crippen LogP contribution in [0.5, 0.6) is 0 Å². The summed E-state index contributed by atoms with van der Waals surface area (Å²) in [4.78, 5) is 24.4. The lowest BCUT2D eigenvalue weighted by atomic mass is 9.94. The van der Waals surface area contributed by atoms with E-state index >= 15 is 0 Å². The summed E-state index contributed by atoms with van der Waals surface area (Å²) in [6.07, 6.45) is 3.67. The third kappa shape index (κ3) is 5.18. The quantitative estimate of drug-likeness (QED) is 0.658. The standard InChI is InChI=1S/C16H23N3O3.ClH/c1-2-12-7-9-18(10-8-12)16(20)15(17)11-13-3-5-14(6-4-13)19(21)22;/h3-6,12,15H,2,7-11,17H2,1H3;1H/t15-;/m0./s1. The minimum Gasteiger partial charge on any atom is -0.341 e. The third-order valence-corrected chi connectivity index (χ3v) is 4.42. The molecule has 0 aliphatic carbocycles. The fraction of sp³-hybridized carbons (Fsp3) is 0.562. The van der Waals surface area contributed by atoms with Gasteiger partial charge in [0.25, 0.3) is 5.69 Å². The van der Waals surface area contributed by atoms with Crippen LogP contribution in [0.25, 0.3) is 0 Å². The molecular weight excluding hydrogens is 318 g/mol. The fourth-order valence-electron chi connectivity index (χ4n) is 2.89. The van der Waals surface area contributed by atoms with Crippen molar-refractivity contribution in [2.45, 2.75) is 38.6 Å². The van der Waals surface area contributed by atoms with Crippen molar-refractivity contribution in [3.8, 4) is 0 Å². The Labute approximate surface area is 142 Å². The number of nitrogens with two attached hydrogens (primary N) is 1. The zero-order valence-corrected chi connectivity index (χ0v) is 14.1. The first kappa shape index (κ1) is 19.4. The van der Waals surface area contributed by atoms with Crippen LogP contribution in [-0.4, -0.2) is 34.9 Å². The number of hydrogen-bond donors (Lipinski definition) is 1. The molecule has 128 valence electrons. The SMILES string of the molecule is CCC1CCN(C(=O)[C@@H](N)Cc2ccc([N+](=O)[O-])cc2)CC1.Cl. The Bertz CT molecular complexity index is 528. The maximum atomic E-state index is 12.4. The molecule has 0 aromatic heterocycles. The number of nitro groups is 1. The number of hydrogen-bond acceptors (Lipinski definition) is 4. The summed E-state index contributed by atoms with van der Waals surface area (Å²) in [6, 6.07) is 5.63. The van der Waals surface area contributed by atoms with Crippen molar-refractivity contribution in [1.82, 2.24) is 4.90 Å². The van der Waals surface area contributed by atoms with Crippen LogP contribution in [0.4, 0.5) is 5.69 Å². The minimum atomic E-state index is -0.584. The lowest BCUT2D eigenvalue weighted by Crippen LogP contribution is -2.48. The predicted molar refractivity (Wildman–Crippen MR) is 91.6 cm³/mol. The van der Waals surface area contributed by atoms with Gasteiger partial charge in [-0.25, -0.2) is 0 Å². The Kier molecular flexibility index (Phi) is 7.45. The second-order valence-electron chi connectivity index (χ2n) is 5.91. The van der Waals surface area contributed by atoms with Crippen molar-refractivity contribution in [2.24, 2.45) is 11.7 Å². The van der Waals surface area contributed by atoms with Gasteiger partial charge in [-0.2, -0.15) is 0 Å². The van der Waals surface area contributed by atoms with E-state index in [0.29, 0.717) is 6.42 Å². The Balaban J connectivity index is 0.00000264. The van der Waals surface area contributed by atoms with E-state index in [1.54, 1.807) is 12.1 Å². The van der Waals surface area contributed by atoms with Crippen LogP contribution in [0.2, 0.25) is 0 Å². The molecule has 0 bridgehead atoms. The molecule has 0 radical (unpaired) electrons. The molecule has 6 nitrogen and oxygen atoms in total. The van der Waals surface area contributed by atoms with E-state index < -0.39 is 11.0 Å². The van der Waals surface area contributed by atoms with Gasteiger partial charge in [-0.05, 0) is 30.7 Å². The fourth-order valence-corrected chi connectivity index (χ4v) is 2.89. The predicted octanol–water partition coefficient (Wildman–Crippen LogP) is 2.54. The number of carbonyl (C=O) groups is 1. The molecule has 1 aromatic carbocycles. The lowest BCUT2D eigenvalue weighted by Gasteiger charge is -2.33. The smallest absolute Gasteiger partial charge is 0.269 e. The first-order chi connectivity index (χ1) is 10.5. The largest absolute Gasteiger partial charge is 0.341 e. The molecule has 0 unspecified atom stereocenters. The van der Waals surface area contributed by atoms with Crippen LogP contribution in [-0.2, 0) is 11.2 Å². The van der Waals surface area contributed by atoms with Gasteiger partial charge in [-0.15, -0.1) is 12.4 Å². The Morgan fingerprint density at radius 3 is 2.39 bits per heavy atom. The molecule has 23 heavy (non-hydrogen) atoms. The number of piperidine rings is 1. The van der Waals surface area contributed by atoms with E-state index in [1.807, 2.05) is 4.90 Å². The summed E-state index contributed by atoms with van der Waals surface area (Å²) in [6.45, 7) is 3.75. The van der Waals surface area contributed by atoms with Crippen LogP contribution in [0, 0.1) is 16.0 Å². The van der Waals surface area contributed by atoms with Crippen LogP contribution in [0.15, 0.2) is 24.3 Å². The van der Waals surface area contributed by atoms with Gasteiger partial charge in [0.15, 0.2) is 0 Å². The van der Waals surface area contributed by atoms with Crippen molar-refractivity contribution in [2.75, 3.05) is 13.1 Å². The average Bonchev–Trinajstić information content (AvgIpc) is 2.54. The summed E-state index contributed by atoms with van der Waals surface area (Å²) >= 11 is 0. The van der Waals surface area contributed by atoms with Gasteiger partial charge >= 0.3 is 0 Å². The molecule has 1 aliphatic heterocycles. The molecule has 1 saturated heterocycles. The zero-order chi connectivity index (χ0) is 16.1. The normalized spacial score (nSPS) is 16.5. The lowest BCUT2D eigenvalue weighted by molar-refractivity contribution is -0.384. The number of non-ortho nitro benzene ring substituents is 1. The number of nitrogens with zero attached hydrogens (tertiary/aromatic N) is 2. The van der Waals surface area contributed by atoms with Crippen molar-refractivity contribution in [1.29, 1.82) is 0 Å². The molecule has 0 saturated carbocycles. The van der Waals surface area contributed by atoms with E-state index in [2.05, 4.69) is 6.92 Å². The molecule has 1 amide bonds. The van der Waals surface area contributed by atoms with Gasteiger partial charge in [0.2, 0.25) is 5.91 Å². The molecule has 1 fully saturated rings. The van der Waals surface area contributed by atoms with Gasteiger partial charge in [0, 0.05) is 25.2 Å². The van der Waals surface area contributed by atoms with E-state index in [1.165, 1.54) is 12.1 Å². The Morgan fingerprint density at radius 2 is 1.91 bits per heavy atom. The molecule has 1 aromatic rings. The van der Waals surface area contributed by atoms with Crippen LogP contribution in [0.3, 0.4) is 0 Å². The van der Waals surface area contributed by atoms with Crippen molar-refractivity contribution >= 4 is 24.0 Å². The summed E-state index contributed by atoms with van der Waals surface area (Å²) in [5, 5.41) is 10.6. The summed E-state index contributed by atoms with van der Waals surface area (Å²) in [5.41, 5.74) is 6.91. The van der Waals surface area contributed by atoms with Gasteiger partial charge in [0.05, 0.1) is 11.0 Å². The molecule has 1 aliphatic rings. The molecule has 1 atom stereocenters. The number of carbonyl (C=O) groups excluding carboxylic acids is 1. The van der Waals surface area contributed by atoms with Gasteiger partial charge in [-0.3, -0.25) is 14.9 Å². The number of halogens is 1. The van der Waals surface area contributed by atoms with Crippen LogP contribution < -0.4 is 5.73 Å². The number of benzene rings is 1. The highest BCUT2D eigenvalue weighted by molar-refractivity contribution is 5.85. The van der Waals surface area contributed by atoms with E-state index in [0.717, 1.165) is 43.8 Å². The molecule has 7 heteroatoms. The Hall–Kier alpha value is -1.66. The van der Waals surface area contributed by atoms with E-state index in [-0.39, 0.29) is 24.0 Å². The summed E-state index contributed by atoms with van der Waals surface area (Å²) in [5.74, 6) is 0.697. The number of nitro benzene ring substituents is 1. The second-order valence-corrected chi connectivity index (χ2v) is 5.91. The van der Waals surface area contributed by atoms with E-state index in [9.17, 15) is 14.9 Å². The first-order valence-electron chi connectivity index (χ1n) is 7.79. The second kappa shape index (κ2) is 8.84. The number of amides is 1. The Morgan fingerprint density at radius 1 is 1.35 bits per heavy atom. The number of rotatable bonds is 5. The molecule has 1 heterocycles. The van der Waals surface area contributed by atoms with Crippen LogP contribution >= 0.6 is 12.4 Å². The molecule has 2 N–H and O–H groups in total. The summed E-state index contributed by atoms with van der Waals surface area (Å²) < 4.78 is 0. The van der Waals surface area contributed by atoms with E-state index in [4.69, 9.17) is 5.73 Å². The molecule has 2 rings (SSSR count). The maximum Gasteiger partial charge on any atom is 0.269 e. The third-order valence-electron chi connectivity index (χ3n) is 4.42. The van der Waals surface area contributed by atoms with Crippen molar-refractivity contribution in [3.05, 3.63) is 39.9 Å². The topological polar surface area (TPSA) is 89.5 Å². The van der Waals surface area contributed by atoms with Crippen molar-refractivity contribution < 1.29 is 9.72 Å². The highest BCUT2D eigenvalue weighted by atomic mass is 35.5. The average molecular weight is 342 g/mol. The number of likely N-dealkylation sites (tertiary alicyclic amines) is 1. The van der Waals surface area contributed by atoms with Gasteiger partial charge in [0.1, 0.15) is 0 Å². The first-order valence-corrected chi connectivity index (χ1v) is 7.79. The van der Waals surface area contributed by atoms with Crippen LogP contribution in [0.1, 0.15) is 31.7 Å². The zero-order valence-electron chi connectivity index (χ0n) is 13.3.